The first-order valence-electron chi connectivity index (χ1n) is 7.33. The molecule has 19 heavy (non-hydrogen) atoms. The fourth-order valence-electron chi connectivity index (χ4n) is 2.57. The van der Waals surface area contributed by atoms with Gasteiger partial charge in [-0.05, 0) is 36.8 Å². The van der Waals surface area contributed by atoms with E-state index < -0.39 is 5.41 Å². The summed E-state index contributed by atoms with van der Waals surface area (Å²) in [5.41, 5.74) is 7.52. The van der Waals surface area contributed by atoms with Gasteiger partial charge in [0.1, 0.15) is 0 Å². The summed E-state index contributed by atoms with van der Waals surface area (Å²) in [5, 5.41) is 0. The molecule has 1 aromatic rings. The van der Waals surface area contributed by atoms with Gasteiger partial charge < -0.3 is 5.73 Å². The van der Waals surface area contributed by atoms with Gasteiger partial charge in [0.05, 0.1) is 0 Å². The molecule has 0 unspecified atom stereocenters. The molecular weight excluding hydrogens is 234 g/mol. The lowest BCUT2D eigenvalue weighted by atomic mass is 9.75. The van der Waals surface area contributed by atoms with E-state index in [0.29, 0.717) is 12.5 Å². The van der Waals surface area contributed by atoms with Crippen LogP contribution in [0.1, 0.15) is 56.5 Å². The molecule has 106 valence electrons. The van der Waals surface area contributed by atoms with E-state index in [4.69, 9.17) is 5.73 Å². The highest BCUT2D eigenvalue weighted by molar-refractivity contribution is 6.00. The smallest absolute Gasteiger partial charge is 0.170 e. The minimum Gasteiger partial charge on any atom is -0.329 e. The summed E-state index contributed by atoms with van der Waals surface area (Å²) >= 11 is 0. The third-order valence-electron chi connectivity index (χ3n) is 4.06. The van der Waals surface area contributed by atoms with E-state index in [1.807, 2.05) is 32.0 Å². The van der Waals surface area contributed by atoms with Crippen LogP contribution in [0.5, 0.6) is 0 Å². The fourth-order valence-corrected chi connectivity index (χ4v) is 2.57. The maximum absolute atomic E-state index is 12.7. The molecule has 0 saturated carbocycles. The number of benzene rings is 1. The summed E-state index contributed by atoms with van der Waals surface area (Å²) in [5.74, 6) is 0.799. The number of rotatable bonds is 7. The summed E-state index contributed by atoms with van der Waals surface area (Å²) in [6.07, 6.45) is 2.61. The van der Waals surface area contributed by atoms with Gasteiger partial charge in [0.25, 0.3) is 0 Å². The van der Waals surface area contributed by atoms with E-state index in [1.165, 1.54) is 5.56 Å². The van der Waals surface area contributed by atoms with Crippen molar-refractivity contribution in [3.63, 3.8) is 0 Å². The molecule has 0 spiro atoms. The van der Waals surface area contributed by atoms with Gasteiger partial charge in [0.2, 0.25) is 0 Å². The monoisotopic (exact) mass is 261 g/mol. The Morgan fingerprint density at radius 2 is 1.89 bits per heavy atom. The summed E-state index contributed by atoms with van der Waals surface area (Å²) in [6, 6.07) is 8.04. The quantitative estimate of drug-likeness (QED) is 0.758. The number of hydrogen-bond acceptors (Lipinski definition) is 2. The molecule has 1 aromatic carbocycles. The summed E-state index contributed by atoms with van der Waals surface area (Å²) in [6.45, 7) is 8.90. The first-order valence-corrected chi connectivity index (χ1v) is 7.33. The Kier molecular flexibility index (Phi) is 5.74. The van der Waals surface area contributed by atoms with Crippen LogP contribution >= 0.6 is 0 Å². The van der Waals surface area contributed by atoms with E-state index in [2.05, 4.69) is 19.9 Å². The van der Waals surface area contributed by atoms with Crippen LogP contribution in [0.3, 0.4) is 0 Å². The first-order chi connectivity index (χ1) is 8.99. The Labute approximate surface area is 117 Å². The Morgan fingerprint density at radius 1 is 1.26 bits per heavy atom. The van der Waals surface area contributed by atoms with Gasteiger partial charge in [-0.1, -0.05) is 45.9 Å². The SMILES string of the molecule is CCC(CC)(CN)C(=O)c1cccc(CC(C)C)c1. The van der Waals surface area contributed by atoms with Crippen molar-refractivity contribution in [1.29, 1.82) is 0 Å². The highest BCUT2D eigenvalue weighted by Crippen LogP contribution is 2.30. The van der Waals surface area contributed by atoms with Crippen LogP contribution in [-0.2, 0) is 6.42 Å². The molecule has 0 radical (unpaired) electrons. The zero-order valence-corrected chi connectivity index (χ0v) is 12.7. The van der Waals surface area contributed by atoms with Gasteiger partial charge in [-0.3, -0.25) is 4.79 Å². The van der Waals surface area contributed by atoms with Crippen molar-refractivity contribution >= 4 is 5.78 Å². The second-order valence-corrected chi connectivity index (χ2v) is 5.82. The molecule has 0 aliphatic rings. The zero-order valence-electron chi connectivity index (χ0n) is 12.7. The van der Waals surface area contributed by atoms with Gasteiger partial charge in [-0.25, -0.2) is 0 Å². The maximum Gasteiger partial charge on any atom is 0.170 e. The summed E-state index contributed by atoms with van der Waals surface area (Å²) in [7, 11) is 0. The van der Waals surface area contributed by atoms with Crippen LogP contribution in [0.4, 0.5) is 0 Å². The van der Waals surface area contributed by atoms with Crippen LogP contribution in [0.15, 0.2) is 24.3 Å². The van der Waals surface area contributed by atoms with Gasteiger partial charge in [-0.15, -0.1) is 0 Å². The van der Waals surface area contributed by atoms with Crippen molar-refractivity contribution in [2.75, 3.05) is 6.54 Å². The summed E-state index contributed by atoms with van der Waals surface area (Å²) < 4.78 is 0. The molecule has 0 bridgehead atoms. The molecule has 0 aromatic heterocycles. The lowest BCUT2D eigenvalue weighted by molar-refractivity contribution is 0.0787. The number of hydrogen-bond donors (Lipinski definition) is 1. The number of carbonyl (C=O) groups excluding carboxylic acids is 1. The van der Waals surface area contributed by atoms with Gasteiger partial charge in [0, 0.05) is 17.5 Å². The lowest BCUT2D eigenvalue weighted by Crippen LogP contribution is -2.37. The van der Waals surface area contributed by atoms with Crippen molar-refractivity contribution in [2.24, 2.45) is 17.1 Å². The van der Waals surface area contributed by atoms with Crippen molar-refractivity contribution in [1.82, 2.24) is 0 Å². The molecule has 0 aliphatic heterocycles. The molecule has 2 N–H and O–H groups in total. The fraction of sp³-hybridized carbons (Fsp3) is 0.588. The number of nitrogens with two attached hydrogens (primary N) is 1. The predicted molar refractivity (Wildman–Crippen MR) is 81.4 cm³/mol. The van der Waals surface area contributed by atoms with Crippen LogP contribution in [0, 0.1) is 11.3 Å². The maximum atomic E-state index is 12.7. The van der Waals surface area contributed by atoms with Crippen LogP contribution < -0.4 is 5.73 Å². The third kappa shape index (κ3) is 3.66. The highest BCUT2D eigenvalue weighted by atomic mass is 16.1. The second-order valence-electron chi connectivity index (χ2n) is 5.82. The van der Waals surface area contributed by atoms with Gasteiger partial charge in [0.15, 0.2) is 5.78 Å². The molecule has 0 heterocycles. The molecule has 0 fully saturated rings. The number of carbonyl (C=O) groups is 1. The lowest BCUT2D eigenvalue weighted by Gasteiger charge is -2.28. The molecule has 0 atom stereocenters. The molecular formula is C17H27NO. The van der Waals surface area contributed by atoms with Crippen molar-refractivity contribution in [2.45, 2.75) is 47.0 Å². The van der Waals surface area contributed by atoms with E-state index in [-0.39, 0.29) is 5.78 Å². The normalized spacial score (nSPS) is 11.9. The average Bonchev–Trinajstić information content (AvgIpc) is 2.40. The Bertz CT molecular complexity index is 411. The molecule has 0 amide bonds. The van der Waals surface area contributed by atoms with Crippen LogP contribution in [0.2, 0.25) is 0 Å². The molecule has 0 aliphatic carbocycles. The van der Waals surface area contributed by atoms with Gasteiger partial charge >= 0.3 is 0 Å². The minimum absolute atomic E-state index is 0.200. The molecule has 2 nitrogen and oxygen atoms in total. The van der Waals surface area contributed by atoms with Crippen molar-refractivity contribution in [3.05, 3.63) is 35.4 Å². The average molecular weight is 261 g/mol. The van der Waals surface area contributed by atoms with E-state index in [0.717, 1.165) is 24.8 Å². The minimum atomic E-state index is -0.392. The molecule has 1 rings (SSSR count). The standard InChI is InChI=1S/C17H27NO/c1-5-17(6-2,12-18)16(19)15-9-7-8-14(11-15)10-13(3)4/h7-9,11,13H,5-6,10,12,18H2,1-4H3. The number of Topliss-reactive ketones (excluding diaryl/α,β-unsaturated/α-hetero) is 1. The molecule has 2 heteroatoms. The molecule has 0 saturated heterocycles. The second kappa shape index (κ2) is 6.85. The van der Waals surface area contributed by atoms with E-state index >= 15 is 0 Å². The van der Waals surface area contributed by atoms with Crippen LogP contribution in [-0.4, -0.2) is 12.3 Å². The van der Waals surface area contributed by atoms with Gasteiger partial charge in [-0.2, -0.15) is 0 Å². The van der Waals surface area contributed by atoms with Crippen molar-refractivity contribution in [3.8, 4) is 0 Å². The van der Waals surface area contributed by atoms with E-state index in [9.17, 15) is 4.79 Å². The summed E-state index contributed by atoms with van der Waals surface area (Å²) in [4.78, 5) is 12.7. The largest absolute Gasteiger partial charge is 0.329 e. The Morgan fingerprint density at radius 3 is 2.37 bits per heavy atom. The Balaban J connectivity index is 3.05. The third-order valence-corrected chi connectivity index (χ3v) is 4.06. The van der Waals surface area contributed by atoms with Crippen molar-refractivity contribution < 1.29 is 4.79 Å². The predicted octanol–water partition coefficient (Wildman–Crippen LogP) is 3.83. The Hall–Kier alpha value is -1.15. The number of ketones is 1. The topological polar surface area (TPSA) is 43.1 Å². The van der Waals surface area contributed by atoms with E-state index in [1.54, 1.807) is 0 Å². The van der Waals surface area contributed by atoms with Crippen LogP contribution in [0.25, 0.3) is 0 Å². The first kappa shape index (κ1) is 15.9. The zero-order chi connectivity index (χ0) is 14.5. The highest BCUT2D eigenvalue weighted by Gasteiger charge is 2.33.